The zero-order valence-electron chi connectivity index (χ0n) is 13.9. The molecule has 0 spiro atoms. The highest BCUT2D eigenvalue weighted by Gasteiger charge is 2.34. The molecule has 22 heavy (non-hydrogen) atoms. The summed E-state index contributed by atoms with van der Waals surface area (Å²) in [4.78, 5) is 24.9. The molecule has 2 fully saturated rings. The molecular weight excluding hydrogens is 280 g/mol. The van der Waals surface area contributed by atoms with Gasteiger partial charge in [-0.2, -0.15) is 0 Å². The van der Waals surface area contributed by atoms with Crippen LogP contribution in [-0.2, 0) is 19.1 Å². The third-order valence-corrected chi connectivity index (χ3v) is 5.13. The molecule has 0 aromatic heterocycles. The molecule has 0 aromatic carbocycles. The number of methoxy groups -OCH3 is 2. The van der Waals surface area contributed by atoms with Crippen molar-refractivity contribution in [3.8, 4) is 0 Å². The standard InChI is InChI=1S/C18H28O4/c1-21-17(19)15(13-9-5-3-6-10-13)16(18(20)22-2)14-11-7-4-8-12-14/h13-14H,3-12H2,1-2H3/b16-15-. The molecule has 0 saturated heterocycles. The van der Waals surface area contributed by atoms with Crippen molar-refractivity contribution >= 4 is 11.9 Å². The van der Waals surface area contributed by atoms with Crippen LogP contribution in [-0.4, -0.2) is 26.2 Å². The van der Waals surface area contributed by atoms with Gasteiger partial charge in [-0.05, 0) is 37.5 Å². The van der Waals surface area contributed by atoms with Crippen molar-refractivity contribution in [1.29, 1.82) is 0 Å². The lowest BCUT2D eigenvalue weighted by Crippen LogP contribution is -2.27. The normalized spacial score (nSPS) is 21.9. The molecule has 0 N–H and O–H groups in total. The summed E-state index contributed by atoms with van der Waals surface area (Å²) in [6, 6.07) is 0. The Morgan fingerprint density at radius 2 is 0.955 bits per heavy atom. The number of esters is 2. The van der Waals surface area contributed by atoms with Gasteiger partial charge in [-0.3, -0.25) is 0 Å². The predicted molar refractivity (Wildman–Crippen MR) is 84.2 cm³/mol. The molecule has 2 aliphatic rings. The fourth-order valence-corrected chi connectivity index (χ4v) is 4.00. The van der Waals surface area contributed by atoms with Crippen LogP contribution in [0.3, 0.4) is 0 Å². The Hall–Kier alpha value is -1.32. The van der Waals surface area contributed by atoms with Crippen molar-refractivity contribution in [3.63, 3.8) is 0 Å². The first-order valence-corrected chi connectivity index (χ1v) is 8.59. The number of hydrogen-bond donors (Lipinski definition) is 0. The van der Waals surface area contributed by atoms with Gasteiger partial charge in [0.15, 0.2) is 0 Å². The average Bonchev–Trinajstić information content (AvgIpc) is 2.59. The van der Waals surface area contributed by atoms with E-state index in [0.29, 0.717) is 11.1 Å². The Bertz CT molecular complexity index is 386. The number of hydrogen-bond acceptors (Lipinski definition) is 4. The second kappa shape index (κ2) is 8.35. The van der Waals surface area contributed by atoms with Gasteiger partial charge in [0.25, 0.3) is 0 Å². The fraction of sp³-hybridized carbons (Fsp3) is 0.778. The highest BCUT2D eigenvalue weighted by Crippen LogP contribution is 2.38. The maximum absolute atomic E-state index is 12.4. The Balaban J connectivity index is 2.42. The SMILES string of the molecule is COC(=O)/C(=C(\C(=O)OC)C1CCCCC1)C1CCCCC1. The van der Waals surface area contributed by atoms with Gasteiger partial charge in [-0.15, -0.1) is 0 Å². The smallest absolute Gasteiger partial charge is 0.334 e. The second-order valence-corrected chi connectivity index (χ2v) is 6.48. The molecule has 0 heterocycles. The molecule has 4 nitrogen and oxygen atoms in total. The van der Waals surface area contributed by atoms with Crippen LogP contribution in [0, 0.1) is 11.8 Å². The molecule has 2 saturated carbocycles. The van der Waals surface area contributed by atoms with E-state index in [9.17, 15) is 9.59 Å². The molecule has 0 bridgehead atoms. The zero-order chi connectivity index (χ0) is 15.9. The highest BCUT2D eigenvalue weighted by atomic mass is 16.5. The molecule has 0 amide bonds. The van der Waals surface area contributed by atoms with E-state index in [2.05, 4.69) is 0 Å². The summed E-state index contributed by atoms with van der Waals surface area (Å²) in [5, 5.41) is 0. The maximum atomic E-state index is 12.4. The van der Waals surface area contributed by atoms with Crippen LogP contribution in [0.5, 0.6) is 0 Å². The number of ether oxygens (including phenoxy) is 2. The van der Waals surface area contributed by atoms with Gasteiger partial charge in [0.2, 0.25) is 0 Å². The summed E-state index contributed by atoms with van der Waals surface area (Å²) in [7, 11) is 2.81. The molecule has 0 aromatic rings. The average molecular weight is 308 g/mol. The van der Waals surface area contributed by atoms with Gasteiger partial charge in [0.05, 0.1) is 25.4 Å². The summed E-state index contributed by atoms with van der Waals surface area (Å²) >= 11 is 0. The van der Waals surface area contributed by atoms with Gasteiger partial charge < -0.3 is 9.47 Å². The maximum Gasteiger partial charge on any atom is 0.334 e. The van der Waals surface area contributed by atoms with Gasteiger partial charge in [-0.1, -0.05) is 38.5 Å². The molecule has 0 atom stereocenters. The van der Waals surface area contributed by atoms with Gasteiger partial charge >= 0.3 is 11.9 Å². The molecule has 0 radical (unpaired) electrons. The van der Waals surface area contributed by atoms with Gasteiger partial charge in [0, 0.05) is 0 Å². The number of carbonyl (C=O) groups excluding carboxylic acids is 2. The minimum atomic E-state index is -0.335. The zero-order valence-corrected chi connectivity index (χ0v) is 13.9. The lowest BCUT2D eigenvalue weighted by molar-refractivity contribution is -0.140. The first kappa shape index (κ1) is 17.0. The monoisotopic (exact) mass is 308 g/mol. The van der Waals surface area contributed by atoms with Crippen molar-refractivity contribution in [3.05, 3.63) is 11.1 Å². The molecule has 124 valence electrons. The molecule has 0 unspecified atom stereocenters. The topological polar surface area (TPSA) is 52.6 Å². The van der Waals surface area contributed by atoms with Crippen molar-refractivity contribution in [1.82, 2.24) is 0 Å². The molecular formula is C18H28O4. The van der Waals surface area contributed by atoms with E-state index in [4.69, 9.17) is 9.47 Å². The number of rotatable bonds is 4. The highest BCUT2D eigenvalue weighted by molar-refractivity contribution is 6.01. The van der Waals surface area contributed by atoms with Crippen molar-refractivity contribution in [2.45, 2.75) is 64.2 Å². The predicted octanol–water partition coefficient (Wildman–Crippen LogP) is 3.79. The van der Waals surface area contributed by atoms with Crippen LogP contribution in [0.2, 0.25) is 0 Å². The quantitative estimate of drug-likeness (QED) is 0.585. The lowest BCUT2D eigenvalue weighted by Gasteiger charge is -2.29. The van der Waals surface area contributed by atoms with Crippen molar-refractivity contribution in [2.75, 3.05) is 14.2 Å². The van der Waals surface area contributed by atoms with Crippen LogP contribution in [0.25, 0.3) is 0 Å². The first-order chi connectivity index (χ1) is 10.7. The summed E-state index contributed by atoms with van der Waals surface area (Å²) < 4.78 is 10.1. The number of carbonyl (C=O) groups is 2. The lowest BCUT2D eigenvalue weighted by atomic mass is 9.75. The van der Waals surface area contributed by atoms with E-state index < -0.39 is 0 Å². The minimum absolute atomic E-state index is 0.150. The Labute approximate surface area is 133 Å². The molecule has 2 aliphatic carbocycles. The van der Waals surface area contributed by atoms with E-state index in [1.807, 2.05) is 0 Å². The summed E-state index contributed by atoms with van der Waals surface area (Å²) in [6.45, 7) is 0. The van der Waals surface area contributed by atoms with E-state index in [0.717, 1.165) is 51.4 Å². The van der Waals surface area contributed by atoms with Crippen LogP contribution in [0.1, 0.15) is 64.2 Å². The minimum Gasteiger partial charge on any atom is -0.466 e. The Morgan fingerprint density at radius 3 is 1.23 bits per heavy atom. The largest absolute Gasteiger partial charge is 0.466 e. The van der Waals surface area contributed by atoms with Crippen LogP contribution in [0.15, 0.2) is 11.1 Å². The second-order valence-electron chi connectivity index (χ2n) is 6.48. The van der Waals surface area contributed by atoms with Crippen molar-refractivity contribution in [2.24, 2.45) is 11.8 Å². The Morgan fingerprint density at radius 1 is 0.636 bits per heavy atom. The van der Waals surface area contributed by atoms with Crippen molar-refractivity contribution < 1.29 is 19.1 Å². The summed E-state index contributed by atoms with van der Waals surface area (Å²) in [5.41, 5.74) is 1.22. The van der Waals surface area contributed by atoms with E-state index in [-0.39, 0.29) is 23.8 Å². The van der Waals surface area contributed by atoms with E-state index in [1.165, 1.54) is 27.1 Å². The summed E-state index contributed by atoms with van der Waals surface area (Å²) in [5.74, 6) is -0.370. The van der Waals surface area contributed by atoms with Gasteiger partial charge in [0.1, 0.15) is 0 Å². The third-order valence-electron chi connectivity index (χ3n) is 5.13. The Kier molecular flexibility index (Phi) is 6.47. The van der Waals surface area contributed by atoms with Crippen LogP contribution in [0.4, 0.5) is 0 Å². The van der Waals surface area contributed by atoms with Crippen LogP contribution >= 0.6 is 0 Å². The van der Waals surface area contributed by atoms with E-state index >= 15 is 0 Å². The fourth-order valence-electron chi connectivity index (χ4n) is 4.00. The third kappa shape index (κ3) is 3.90. The summed E-state index contributed by atoms with van der Waals surface area (Å²) in [6.07, 6.45) is 10.8. The van der Waals surface area contributed by atoms with Crippen LogP contribution < -0.4 is 0 Å². The molecule has 0 aliphatic heterocycles. The molecule has 2 rings (SSSR count). The van der Waals surface area contributed by atoms with E-state index in [1.54, 1.807) is 0 Å². The first-order valence-electron chi connectivity index (χ1n) is 8.59. The van der Waals surface area contributed by atoms with Gasteiger partial charge in [-0.25, -0.2) is 9.59 Å². The molecule has 4 heteroatoms.